The first-order valence-electron chi connectivity index (χ1n) is 7.79. The lowest BCUT2D eigenvalue weighted by molar-refractivity contribution is 0.183. The highest BCUT2D eigenvalue weighted by atomic mass is 32.2. The zero-order valence-corrected chi connectivity index (χ0v) is 15.3. The molecule has 8 nitrogen and oxygen atoms in total. The number of nitrogens with one attached hydrogen (secondary N) is 1. The highest BCUT2D eigenvalue weighted by molar-refractivity contribution is 7.92. The summed E-state index contributed by atoms with van der Waals surface area (Å²) < 4.78 is 51.8. The average Bonchev–Trinajstić information content (AvgIpc) is 3.03. The Kier molecular flexibility index (Phi) is 6.35. The predicted molar refractivity (Wildman–Crippen MR) is 94.3 cm³/mol. The van der Waals surface area contributed by atoms with E-state index < -0.39 is 26.3 Å². The summed E-state index contributed by atoms with van der Waals surface area (Å²) >= 11 is 0. The van der Waals surface area contributed by atoms with Crippen molar-refractivity contribution in [3.05, 3.63) is 41.8 Å². The highest BCUT2D eigenvalue weighted by Gasteiger charge is 2.32. The molecule has 1 fully saturated rings. The highest BCUT2D eigenvalue weighted by Crippen LogP contribution is 2.24. The second kappa shape index (κ2) is 7.94. The van der Waals surface area contributed by atoms with Crippen molar-refractivity contribution >= 4 is 20.0 Å². The van der Waals surface area contributed by atoms with Crippen molar-refractivity contribution in [2.24, 2.45) is 11.7 Å². The molecular weight excluding hydrogens is 366 g/mol. The van der Waals surface area contributed by atoms with Crippen LogP contribution >= 0.6 is 0 Å². The molecule has 0 bridgehead atoms. The van der Waals surface area contributed by atoms with Crippen LogP contribution in [0.5, 0.6) is 0 Å². The van der Waals surface area contributed by atoms with Crippen LogP contribution in [0, 0.1) is 5.92 Å². The molecule has 10 heteroatoms. The normalized spacial score (nSPS) is 20.5. The van der Waals surface area contributed by atoms with Gasteiger partial charge in [-0.05, 0) is 30.0 Å². The van der Waals surface area contributed by atoms with Crippen molar-refractivity contribution < 1.29 is 21.9 Å². The van der Waals surface area contributed by atoms with Gasteiger partial charge in [0.2, 0.25) is 20.0 Å². The van der Waals surface area contributed by atoms with E-state index in [2.05, 4.69) is 11.3 Å². The Hall–Kier alpha value is -1.30. The van der Waals surface area contributed by atoms with Crippen LogP contribution < -0.4 is 10.5 Å². The fourth-order valence-electron chi connectivity index (χ4n) is 2.66. The molecule has 4 N–H and O–H groups in total. The van der Waals surface area contributed by atoms with Crippen LogP contribution in [0.3, 0.4) is 0 Å². The molecule has 25 heavy (non-hydrogen) atoms. The van der Waals surface area contributed by atoms with Crippen molar-refractivity contribution in [3.63, 3.8) is 0 Å². The molecule has 2 rings (SSSR count). The molecule has 0 saturated carbocycles. The lowest BCUT2D eigenvalue weighted by Crippen LogP contribution is -2.32. The SMILES string of the molecule is C=CS(=O)(=O)NC[C@H]1CCN(S(=O)(=O)c2ccc(CC(N)O)cc2)C1. The van der Waals surface area contributed by atoms with E-state index in [1.54, 1.807) is 12.1 Å². The Labute approximate surface area is 148 Å². The summed E-state index contributed by atoms with van der Waals surface area (Å²) in [5.74, 6) is -0.0869. The maximum Gasteiger partial charge on any atom is 0.243 e. The van der Waals surface area contributed by atoms with Crippen LogP contribution in [0.15, 0.2) is 41.1 Å². The summed E-state index contributed by atoms with van der Waals surface area (Å²) in [5, 5.41) is 9.99. The number of aliphatic hydroxyl groups is 1. The molecule has 0 aromatic heterocycles. The van der Waals surface area contributed by atoms with Gasteiger partial charge >= 0.3 is 0 Å². The largest absolute Gasteiger partial charge is 0.378 e. The molecule has 1 saturated heterocycles. The van der Waals surface area contributed by atoms with E-state index in [0.717, 1.165) is 11.0 Å². The van der Waals surface area contributed by atoms with Gasteiger partial charge in [-0.1, -0.05) is 18.7 Å². The first-order chi connectivity index (χ1) is 11.6. The third-order valence-electron chi connectivity index (χ3n) is 4.05. The number of hydrogen-bond acceptors (Lipinski definition) is 6. The Balaban J connectivity index is 2.02. The first-order valence-corrected chi connectivity index (χ1v) is 10.8. The summed E-state index contributed by atoms with van der Waals surface area (Å²) in [5.41, 5.74) is 6.05. The van der Waals surface area contributed by atoms with Crippen molar-refractivity contribution in [3.8, 4) is 0 Å². The Morgan fingerprint density at radius 3 is 2.52 bits per heavy atom. The quantitative estimate of drug-likeness (QED) is 0.518. The molecule has 1 heterocycles. The number of hydrogen-bond donors (Lipinski definition) is 3. The lowest BCUT2D eigenvalue weighted by Gasteiger charge is -2.17. The molecule has 140 valence electrons. The molecule has 0 spiro atoms. The van der Waals surface area contributed by atoms with Crippen LogP contribution in [-0.2, 0) is 26.5 Å². The molecule has 0 radical (unpaired) electrons. The van der Waals surface area contributed by atoms with E-state index in [9.17, 15) is 16.8 Å². The molecular formula is C15H23N3O5S2. The monoisotopic (exact) mass is 389 g/mol. The zero-order chi connectivity index (χ0) is 18.7. The number of nitrogens with two attached hydrogens (primary N) is 1. The van der Waals surface area contributed by atoms with E-state index in [1.807, 2.05) is 0 Å². The van der Waals surface area contributed by atoms with E-state index in [0.29, 0.717) is 13.0 Å². The fourth-order valence-corrected chi connectivity index (χ4v) is 4.78. The first kappa shape index (κ1) is 20.0. The van der Waals surface area contributed by atoms with Crippen LogP contribution in [-0.4, -0.2) is 52.1 Å². The zero-order valence-electron chi connectivity index (χ0n) is 13.7. The van der Waals surface area contributed by atoms with E-state index in [1.165, 1.54) is 16.4 Å². The van der Waals surface area contributed by atoms with E-state index in [4.69, 9.17) is 10.8 Å². The topological polar surface area (TPSA) is 130 Å². The van der Waals surface area contributed by atoms with Gasteiger partial charge in [0.05, 0.1) is 4.90 Å². The number of aliphatic hydroxyl groups excluding tert-OH is 1. The average molecular weight is 389 g/mol. The van der Waals surface area contributed by atoms with Gasteiger partial charge in [0.1, 0.15) is 6.23 Å². The number of nitrogens with zero attached hydrogens (tertiary/aromatic N) is 1. The molecule has 1 aliphatic heterocycles. The van der Waals surface area contributed by atoms with Gasteiger partial charge in [0, 0.05) is 31.5 Å². The fraction of sp³-hybridized carbons (Fsp3) is 0.467. The van der Waals surface area contributed by atoms with Crippen molar-refractivity contribution in [2.75, 3.05) is 19.6 Å². The van der Waals surface area contributed by atoms with Gasteiger partial charge in [-0.3, -0.25) is 0 Å². The molecule has 0 aliphatic carbocycles. The Bertz CT molecular complexity index is 804. The minimum absolute atomic E-state index is 0.0869. The second-order valence-electron chi connectivity index (χ2n) is 5.99. The summed E-state index contributed by atoms with van der Waals surface area (Å²) in [4.78, 5) is 0.162. The van der Waals surface area contributed by atoms with Crippen LogP contribution in [0.25, 0.3) is 0 Å². The lowest BCUT2D eigenvalue weighted by atomic mass is 10.1. The predicted octanol–water partition coefficient (Wildman–Crippen LogP) is -0.420. The van der Waals surface area contributed by atoms with Crippen LogP contribution in [0.1, 0.15) is 12.0 Å². The van der Waals surface area contributed by atoms with E-state index >= 15 is 0 Å². The summed E-state index contributed by atoms with van der Waals surface area (Å²) in [6.07, 6.45) is -0.160. The summed E-state index contributed by atoms with van der Waals surface area (Å²) in [6.45, 7) is 3.99. The number of sulfonamides is 2. The maximum absolute atomic E-state index is 12.7. The molecule has 1 aromatic rings. The minimum atomic E-state index is -3.63. The standard InChI is InChI=1S/C15H23N3O5S2/c1-2-24(20,21)17-10-13-7-8-18(11-13)25(22,23)14-5-3-12(4-6-14)9-15(16)19/h2-6,13,15,17,19H,1,7-11,16H2/t13-,15?/m1/s1. The van der Waals surface area contributed by atoms with Crippen molar-refractivity contribution in [1.29, 1.82) is 0 Å². The number of benzene rings is 1. The van der Waals surface area contributed by atoms with Gasteiger partial charge in [0.15, 0.2) is 0 Å². The van der Waals surface area contributed by atoms with Gasteiger partial charge in [-0.25, -0.2) is 21.6 Å². The van der Waals surface area contributed by atoms with Crippen LogP contribution in [0.4, 0.5) is 0 Å². The van der Waals surface area contributed by atoms with Gasteiger partial charge < -0.3 is 10.8 Å². The van der Waals surface area contributed by atoms with Crippen molar-refractivity contribution in [1.82, 2.24) is 9.03 Å². The number of rotatable bonds is 8. The van der Waals surface area contributed by atoms with Gasteiger partial charge in [-0.15, -0.1) is 0 Å². The molecule has 1 aliphatic rings. The third-order valence-corrected chi connectivity index (χ3v) is 6.93. The summed E-state index contributed by atoms with van der Waals surface area (Å²) in [6, 6.07) is 6.21. The van der Waals surface area contributed by atoms with E-state index in [-0.39, 0.29) is 30.3 Å². The molecule has 1 unspecified atom stereocenters. The van der Waals surface area contributed by atoms with Crippen molar-refractivity contribution in [2.45, 2.75) is 24.0 Å². The maximum atomic E-state index is 12.7. The summed E-state index contributed by atoms with van der Waals surface area (Å²) in [7, 11) is -7.15. The third kappa shape index (κ3) is 5.33. The molecule has 0 amide bonds. The smallest absolute Gasteiger partial charge is 0.243 e. The van der Waals surface area contributed by atoms with Gasteiger partial charge in [0.25, 0.3) is 0 Å². The molecule has 1 aromatic carbocycles. The minimum Gasteiger partial charge on any atom is -0.378 e. The Morgan fingerprint density at radius 1 is 1.32 bits per heavy atom. The van der Waals surface area contributed by atoms with Gasteiger partial charge in [-0.2, -0.15) is 4.31 Å². The van der Waals surface area contributed by atoms with Crippen LogP contribution in [0.2, 0.25) is 0 Å². The second-order valence-corrected chi connectivity index (χ2v) is 9.64. The molecule has 2 atom stereocenters. The Morgan fingerprint density at radius 2 is 1.96 bits per heavy atom.